The normalized spacial score (nSPS) is 11.1. The van der Waals surface area contributed by atoms with Crippen molar-refractivity contribution in [3.05, 3.63) is 29.3 Å². The van der Waals surface area contributed by atoms with E-state index in [4.69, 9.17) is 0 Å². The van der Waals surface area contributed by atoms with E-state index in [1.54, 1.807) is 0 Å². The molecule has 0 saturated carbocycles. The number of hydrogen-bond donors (Lipinski definition) is 1. The van der Waals surface area contributed by atoms with E-state index >= 15 is 0 Å². The molecule has 0 bridgehead atoms. The first kappa shape index (κ1) is 22.1. The maximum atomic E-state index is 10.5. The number of phenols is 1. The summed E-state index contributed by atoms with van der Waals surface area (Å²) >= 11 is 0. The van der Waals surface area contributed by atoms with Crippen molar-refractivity contribution in [1.29, 1.82) is 0 Å². The van der Waals surface area contributed by atoms with Crippen LogP contribution in [0.5, 0.6) is 5.75 Å². The second-order valence-corrected chi connectivity index (χ2v) is 7.67. The van der Waals surface area contributed by atoms with Gasteiger partial charge in [0, 0.05) is 0 Å². The van der Waals surface area contributed by atoms with Gasteiger partial charge in [0.1, 0.15) is 5.75 Å². The van der Waals surface area contributed by atoms with Crippen LogP contribution in [-0.2, 0) is 12.8 Å². The molecule has 0 saturated heterocycles. The Morgan fingerprint density at radius 3 is 1.32 bits per heavy atom. The van der Waals surface area contributed by atoms with Gasteiger partial charge in [-0.25, -0.2) is 0 Å². The molecular weight excluding hydrogens is 304 g/mol. The molecule has 0 fully saturated rings. The molecule has 1 nitrogen and oxygen atoms in total. The van der Waals surface area contributed by atoms with Crippen LogP contribution in [0, 0.1) is 0 Å². The molecule has 0 unspecified atom stereocenters. The zero-order valence-corrected chi connectivity index (χ0v) is 17.0. The van der Waals surface area contributed by atoms with Crippen molar-refractivity contribution in [3.63, 3.8) is 0 Å². The number of unbranched alkanes of at least 4 members (excludes halogenated alkanes) is 12. The van der Waals surface area contributed by atoms with Crippen LogP contribution in [-0.4, -0.2) is 5.11 Å². The van der Waals surface area contributed by atoms with Gasteiger partial charge >= 0.3 is 0 Å². The van der Waals surface area contributed by atoms with Crippen LogP contribution in [0.25, 0.3) is 0 Å². The van der Waals surface area contributed by atoms with Gasteiger partial charge < -0.3 is 5.11 Å². The van der Waals surface area contributed by atoms with Gasteiger partial charge in [0.05, 0.1) is 0 Å². The van der Waals surface area contributed by atoms with Gasteiger partial charge in [0.15, 0.2) is 0 Å². The molecule has 1 aromatic carbocycles. The van der Waals surface area contributed by atoms with E-state index in [-0.39, 0.29) is 0 Å². The van der Waals surface area contributed by atoms with Gasteiger partial charge in [0.25, 0.3) is 0 Å². The molecule has 1 aromatic rings. The van der Waals surface area contributed by atoms with Gasteiger partial charge in [-0.1, -0.05) is 109 Å². The number of rotatable bonds is 16. The zero-order chi connectivity index (χ0) is 18.2. The van der Waals surface area contributed by atoms with Crippen molar-refractivity contribution in [1.82, 2.24) is 0 Å². The maximum absolute atomic E-state index is 10.5. The third-order valence-corrected chi connectivity index (χ3v) is 5.30. The highest BCUT2D eigenvalue weighted by molar-refractivity contribution is 5.40. The van der Waals surface area contributed by atoms with E-state index in [2.05, 4.69) is 32.0 Å². The lowest BCUT2D eigenvalue weighted by molar-refractivity contribution is 0.456. The van der Waals surface area contributed by atoms with Crippen molar-refractivity contribution in [2.75, 3.05) is 0 Å². The predicted molar refractivity (Wildman–Crippen MR) is 112 cm³/mol. The second-order valence-electron chi connectivity index (χ2n) is 7.67. The summed E-state index contributed by atoms with van der Waals surface area (Å²) in [5, 5.41) is 10.5. The molecule has 1 N–H and O–H groups in total. The molecule has 0 aliphatic carbocycles. The van der Waals surface area contributed by atoms with E-state index in [0.29, 0.717) is 5.75 Å². The molecule has 144 valence electrons. The van der Waals surface area contributed by atoms with Gasteiger partial charge in [-0.3, -0.25) is 0 Å². The summed E-state index contributed by atoms with van der Waals surface area (Å²) in [6.45, 7) is 4.53. The first-order chi connectivity index (χ1) is 12.3. The first-order valence-corrected chi connectivity index (χ1v) is 11.1. The molecule has 0 spiro atoms. The topological polar surface area (TPSA) is 20.2 Å². The summed E-state index contributed by atoms with van der Waals surface area (Å²) in [4.78, 5) is 0. The molecule has 0 aromatic heterocycles. The van der Waals surface area contributed by atoms with E-state index in [1.807, 2.05) is 0 Å². The molecule has 0 radical (unpaired) electrons. The Labute approximate surface area is 157 Å². The summed E-state index contributed by atoms with van der Waals surface area (Å²) in [7, 11) is 0. The third-order valence-electron chi connectivity index (χ3n) is 5.30. The summed E-state index contributed by atoms with van der Waals surface area (Å²) in [5.74, 6) is 0.583. The van der Waals surface area contributed by atoms with E-state index in [1.165, 1.54) is 89.9 Å². The number of aryl methyl sites for hydroxylation is 2. The van der Waals surface area contributed by atoms with Crippen LogP contribution in [0.3, 0.4) is 0 Å². The highest BCUT2D eigenvalue weighted by Gasteiger charge is 2.06. The Morgan fingerprint density at radius 1 is 0.560 bits per heavy atom. The molecule has 0 heterocycles. The van der Waals surface area contributed by atoms with Gasteiger partial charge in [-0.15, -0.1) is 0 Å². The molecule has 25 heavy (non-hydrogen) atoms. The Balaban J connectivity index is 2.21. The number of benzene rings is 1. The number of para-hydroxylation sites is 1. The quantitative estimate of drug-likeness (QED) is 0.301. The van der Waals surface area contributed by atoms with Crippen LogP contribution in [0.2, 0.25) is 0 Å². The highest BCUT2D eigenvalue weighted by atomic mass is 16.3. The molecule has 0 aliphatic rings. The van der Waals surface area contributed by atoms with Crippen LogP contribution in [0.15, 0.2) is 18.2 Å². The van der Waals surface area contributed by atoms with Crippen molar-refractivity contribution in [3.8, 4) is 5.75 Å². The SMILES string of the molecule is CCCCCCCCCc1cccc(CCCCCCCCC)c1O. The van der Waals surface area contributed by atoms with Crippen molar-refractivity contribution in [2.45, 2.75) is 117 Å². The van der Waals surface area contributed by atoms with E-state index in [9.17, 15) is 5.11 Å². The first-order valence-electron chi connectivity index (χ1n) is 11.1. The van der Waals surface area contributed by atoms with Gasteiger partial charge in [-0.2, -0.15) is 0 Å². The average molecular weight is 347 g/mol. The largest absolute Gasteiger partial charge is 0.507 e. The van der Waals surface area contributed by atoms with E-state index in [0.717, 1.165) is 24.0 Å². The minimum Gasteiger partial charge on any atom is -0.507 e. The highest BCUT2D eigenvalue weighted by Crippen LogP contribution is 2.26. The summed E-state index contributed by atoms with van der Waals surface area (Å²) in [5.41, 5.74) is 2.32. The lowest BCUT2D eigenvalue weighted by atomic mass is 9.98. The Morgan fingerprint density at radius 2 is 0.920 bits per heavy atom. The molecule has 1 heteroatoms. The molecule has 0 atom stereocenters. The fraction of sp³-hybridized carbons (Fsp3) is 0.750. The summed E-state index contributed by atoms with van der Waals surface area (Å²) in [6.07, 6.45) is 20.7. The van der Waals surface area contributed by atoms with Crippen molar-refractivity contribution >= 4 is 0 Å². The maximum Gasteiger partial charge on any atom is 0.121 e. The third kappa shape index (κ3) is 10.6. The minimum atomic E-state index is 0.583. The van der Waals surface area contributed by atoms with Crippen LogP contribution in [0.1, 0.15) is 115 Å². The Kier molecular flexibility index (Phi) is 13.5. The molecule has 0 amide bonds. The van der Waals surface area contributed by atoms with Crippen LogP contribution < -0.4 is 0 Å². The van der Waals surface area contributed by atoms with E-state index < -0.39 is 0 Å². The van der Waals surface area contributed by atoms with Crippen LogP contribution in [0.4, 0.5) is 0 Å². The minimum absolute atomic E-state index is 0.583. The molecular formula is C24H42O. The van der Waals surface area contributed by atoms with Crippen molar-refractivity contribution < 1.29 is 5.11 Å². The molecule has 0 aliphatic heterocycles. The van der Waals surface area contributed by atoms with Crippen molar-refractivity contribution in [2.24, 2.45) is 0 Å². The Bertz CT molecular complexity index is 388. The Hall–Kier alpha value is -0.980. The fourth-order valence-electron chi connectivity index (χ4n) is 3.59. The molecule has 1 rings (SSSR count). The summed E-state index contributed by atoms with van der Waals surface area (Å²) in [6, 6.07) is 6.36. The number of phenolic OH excluding ortho intramolecular Hbond substituents is 1. The van der Waals surface area contributed by atoms with Crippen LogP contribution >= 0.6 is 0 Å². The fourth-order valence-corrected chi connectivity index (χ4v) is 3.59. The monoisotopic (exact) mass is 346 g/mol. The second kappa shape index (κ2) is 15.3. The van der Waals surface area contributed by atoms with Gasteiger partial charge in [-0.05, 0) is 36.8 Å². The lowest BCUT2D eigenvalue weighted by Gasteiger charge is -2.10. The standard InChI is InChI=1S/C24H42O/c1-3-5-7-9-11-13-15-18-22-20-17-21-23(24(22)25)19-16-14-12-10-8-6-4-2/h17,20-21,25H,3-16,18-19H2,1-2H3. The van der Waals surface area contributed by atoms with Gasteiger partial charge in [0.2, 0.25) is 0 Å². The summed E-state index contributed by atoms with van der Waals surface area (Å²) < 4.78 is 0. The zero-order valence-electron chi connectivity index (χ0n) is 17.0. The lowest BCUT2D eigenvalue weighted by Crippen LogP contribution is -1.93. The number of hydrogen-bond acceptors (Lipinski definition) is 1. The average Bonchev–Trinajstić information content (AvgIpc) is 2.62. The smallest absolute Gasteiger partial charge is 0.121 e. The number of aromatic hydroxyl groups is 1. The predicted octanol–water partition coefficient (Wildman–Crippen LogP) is 7.98.